The highest BCUT2D eigenvalue weighted by Crippen LogP contribution is 2.26. The lowest BCUT2D eigenvalue weighted by atomic mass is 10.0. The van der Waals surface area contributed by atoms with Gasteiger partial charge in [0.05, 0.1) is 13.2 Å². The highest BCUT2D eigenvalue weighted by atomic mass is 16.5. The van der Waals surface area contributed by atoms with Crippen LogP contribution in [-0.4, -0.2) is 4.98 Å². The predicted molar refractivity (Wildman–Crippen MR) is 46.9 cm³/mol. The summed E-state index contributed by atoms with van der Waals surface area (Å²) in [5, 5.41) is 0. The Bertz CT molecular complexity index is 331. The summed E-state index contributed by atoms with van der Waals surface area (Å²) in [6.07, 6.45) is 0. The summed E-state index contributed by atoms with van der Waals surface area (Å²) in [5.74, 6) is 0. The molecule has 0 atom stereocenters. The Morgan fingerprint density at radius 2 is 1.67 bits per heavy atom. The van der Waals surface area contributed by atoms with Gasteiger partial charge in [0, 0.05) is 17.0 Å². The van der Waals surface area contributed by atoms with E-state index in [0.717, 1.165) is 24.6 Å². The second kappa shape index (κ2) is 2.56. The molecule has 1 aromatic heterocycles. The molecule has 1 aromatic rings. The maximum Gasteiger partial charge on any atom is 0.0742 e. The molecule has 64 valence electrons. The molecule has 0 N–H and O–H groups in total. The molecule has 1 aliphatic rings. The number of fused-ring (bicyclic) bond motifs is 1. The van der Waals surface area contributed by atoms with E-state index < -0.39 is 0 Å². The van der Waals surface area contributed by atoms with Gasteiger partial charge < -0.3 is 4.74 Å². The van der Waals surface area contributed by atoms with Crippen molar-refractivity contribution in [3.8, 4) is 0 Å². The molecule has 2 heterocycles. The summed E-state index contributed by atoms with van der Waals surface area (Å²) in [7, 11) is 0. The molecule has 0 bridgehead atoms. The van der Waals surface area contributed by atoms with E-state index in [4.69, 9.17) is 4.74 Å². The average molecular weight is 163 g/mol. The Balaban J connectivity index is 2.69. The van der Waals surface area contributed by atoms with Crippen molar-refractivity contribution < 1.29 is 4.74 Å². The van der Waals surface area contributed by atoms with E-state index in [-0.39, 0.29) is 0 Å². The Morgan fingerprint density at radius 3 is 2.42 bits per heavy atom. The predicted octanol–water partition coefficient (Wildman–Crippen LogP) is 2.04. The van der Waals surface area contributed by atoms with Gasteiger partial charge in [-0.05, 0) is 31.9 Å². The molecule has 2 heteroatoms. The lowest BCUT2D eigenvalue weighted by Crippen LogP contribution is -1.99. The zero-order valence-corrected chi connectivity index (χ0v) is 7.77. The van der Waals surface area contributed by atoms with Gasteiger partial charge in [-0.3, -0.25) is 4.98 Å². The number of hydrogen-bond donors (Lipinski definition) is 0. The van der Waals surface area contributed by atoms with Gasteiger partial charge in [-0.1, -0.05) is 0 Å². The summed E-state index contributed by atoms with van der Waals surface area (Å²) in [6, 6.07) is 0. The fourth-order valence-electron chi connectivity index (χ4n) is 1.71. The summed E-state index contributed by atoms with van der Waals surface area (Å²) in [6.45, 7) is 7.75. The molecular formula is C10H13NO. The average Bonchev–Trinajstić information content (AvgIpc) is 2.48. The third kappa shape index (κ3) is 0.950. The van der Waals surface area contributed by atoms with Crippen molar-refractivity contribution in [2.45, 2.75) is 34.0 Å². The van der Waals surface area contributed by atoms with Gasteiger partial charge in [-0.25, -0.2) is 0 Å². The van der Waals surface area contributed by atoms with Crippen LogP contribution >= 0.6 is 0 Å². The Labute approximate surface area is 72.6 Å². The monoisotopic (exact) mass is 163 g/mol. The topological polar surface area (TPSA) is 22.1 Å². The maximum atomic E-state index is 5.39. The highest BCUT2D eigenvalue weighted by Gasteiger charge is 2.17. The second-order valence-corrected chi connectivity index (χ2v) is 3.36. The van der Waals surface area contributed by atoms with E-state index in [1.165, 1.54) is 16.7 Å². The van der Waals surface area contributed by atoms with Crippen LogP contribution in [-0.2, 0) is 18.0 Å². The molecule has 0 aromatic carbocycles. The number of aryl methyl sites for hydroxylation is 2. The van der Waals surface area contributed by atoms with Gasteiger partial charge >= 0.3 is 0 Å². The van der Waals surface area contributed by atoms with Crippen LogP contribution in [0.5, 0.6) is 0 Å². The van der Waals surface area contributed by atoms with Crippen molar-refractivity contribution in [3.63, 3.8) is 0 Å². The Hall–Kier alpha value is -0.890. The van der Waals surface area contributed by atoms with Crippen molar-refractivity contribution >= 4 is 0 Å². The minimum Gasteiger partial charge on any atom is -0.372 e. The third-order valence-corrected chi connectivity index (χ3v) is 2.62. The standard InChI is InChI=1S/C10H13NO/c1-6-7(2)11-8(3)10-5-12-4-9(6)10/h4-5H2,1-3H3. The molecule has 0 unspecified atom stereocenters. The number of nitrogens with zero attached hydrogens (tertiary/aromatic N) is 1. The van der Waals surface area contributed by atoms with Crippen LogP contribution in [0.25, 0.3) is 0 Å². The van der Waals surface area contributed by atoms with Crippen LogP contribution in [0.1, 0.15) is 28.1 Å². The normalized spacial score (nSPS) is 14.9. The molecule has 0 spiro atoms. The molecule has 0 saturated heterocycles. The van der Waals surface area contributed by atoms with E-state index >= 15 is 0 Å². The smallest absolute Gasteiger partial charge is 0.0742 e. The van der Waals surface area contributed by atoms with E-state index in [9.17, 15) is 0 Å². The lowest BCUT2D eigenvalue weighted by Gasteiger charge is -2.07. The van der Waals surface area contributed by atoms with Crippen LogP contribution in [0.2, 0.25) is 0 Å². The van der Waals surface area contributed by atoms with Crippen LogP contribution in [0, 0.1) is 20.8 Å². The van der Waals surface area contributed by atoms with Crippen molar-refractivity contribution in [1.82, 2.24) is 4.98 Å². The van der Waals surface area contributed by atoms with Crippen molar-refractivity contribution in [1.29, 1.82) is 0 Å². The van der Waals surface area contributed by atoms with E-state index in [1.807, 2.05) is 0 Å². The molecule has 0 aliphatic carbocycles. The number of hydrogen-bond acceptors (Lipinski definition) is 2. The fourth-order valence-corrected chi connectivity index (χ4v) is 1.71. The maximum absolute atomic E-state index is 5.39. The largest absolute Gasteiger partial charge is 0.372 e. The van der Waals surface area contributed by atoms with Gasteiger partial charge in [0.15, 0.2) is 0 Å². The Morgan fingerprint density at radius 1 is 1.00 bits per heavy atom. The minimum atomic E-state index is 0.745. The molecular weight excluding hydrogens is 150 g/mol. The lowest BCUT2D eigenvalue weighted by molar-refractivity contribution is 0.134. The van der Waals surface area contributed by atoms with E-state index in [1.54, 1.807) is 0 Å². The number of ether oxygens (including phenoxy) is 1. The van der Waals surface area contributed by atoms with Crippen molar-refractivity contribution in [2.75, 3.05) is 0 Å². The summed E-state index contributed by atoms with van der Waals surface area (Å²) < 4.78 is 5.39. The van der Waals surface area contributed by atoms with Gasteiger partial charge in [-0.2, -0.15) is 0 Å². The first kappa shape index (κ1) is 7.74. The summed E-state index contributed by atoms with van der Waals surface area (Å²) >= 11 is 0. The summed E-state index contributed by atoms with van der Waals surface area (Å²) in [5.41, 5.74) is 6.23. The van der Waals surface area contributed by atoms with Crippen LogP contribution < -0.4 is 0 Å². The van der Waals surface area contributed by atoms with Gasteiger partial charge in [0.1, 0.15) is 0 Å². The van der Waals surface area contributed by atoms with Gasteiger partial charge in [-0.15, -0.1) is 0 Å². The van der Waals surface area contributed by atoms with Crippen LogP contribution in [0.3, 0.4) is 0 Å². The van der Waals surface area contributed by atoms with Crippen molar-refractivity contribution in [3.05, 3.63) is 28.1 Å². The molecule has 12 heavy (non-hydrogen) atoms. The fraction of sp³-hybridized carbons (Fsp3) is 0.500. The summed E-state index contributed by atoms with van der Waals surface area (Å²) in [4.78, 5) is 4.46. The van der Waals surface area contributed by atoms with Crippen LogP contribution in [0.15, 0.2) is 0 Å². The number of pyridine rings is 1. The molecule has 0 radical (unpaired) electrons. The SMILES string of the molecule is Cc1nc(C)c2c(c1C)COC2. The zero-order chi connectivity index (χ0) is 8.72. The molecule has 0 fully saturated rings. The molecule has 0 amide bonds. The van der Waals surface area contributed by atoms with Gasteiger partial charge in [0.25, 0.3) is 0 Å². The molecule has 2 nitrogen and oxygen atoms in total. The first-order chi connectivity index (χ1) is 5.70. The first-order valence-electron chi connectivity index (χ1n) is 4.23. The van der Waals surface area contributed by atoms with Crippen molar-refractivity contribution in [2.24, 2.45) is 0 Å². The zero-order valence-electron chi connectivity index (χ0n) is 7.77. The molecule has 0 saturated carbocycles. The van der Waals surface area contributed by atoms with Gasteiger partial charge in [0.2, 0.25) is 0 Å². The first-order valence-corrected chi connectivity index (χ1v) is 4.23. The second-order valence-electron chi connectivity index (χ2n) is 3.36. The molecule has 1 aliphatic heterocycles. The highest BCUT2D eigenvalue weighted by molar-refractivity contribution is 5.39. The third-order valence-electron chi connectivity index (χ3n) is 2.62. The Kier molecular flexibility index (Phi) is 1.65. The number of aromatic nitrogens is 1. The minimum absolute atomic E-state index is 0.745. The molecule has 2 rings (SSSR count). The van der Waals surface area contributed by atoms with E-state index in [0.29, 0.717) is 0 Å². The van der Waals surface area contributed by atoms with Crippen LogP contribution in [0.4, 0.5) is 0 Å². The van der Waals surface area contributed by atoms with E-state index in [2.05, 4.69) is 25.8 Å². The number of rotatable bonds is 0. The quantitative estimate of drug-likeness (QED) is 0.584.